The van der Waals surface area contributed by atoms with Gasteiger partial charge in [0.1, 0.15) is 0 Å². The number of amides is 1. The maximum atomic E-state index is 11.6. The van der Waals surface area contributed by atoms with Crippen molar-refractivity contribution >= 4 is 30.7 Å². The summed E-state index contributed by atoms with van der Waals surface area (Å²) in [5, 5.41) is 10.2. The minimum absolute atomic E-state index is 0. The molecule has 0 radical (unpaired) electrons. The van der Waals surface area contributed by atoms with Crippen LogP contribution in [0.5, 0.6) is 0 Å². The minimum atomic E-state index is -0.0446. The molecule has 1 aliphatic rings. The SMILES string of the molecule is Cl.Cl.Cn1cc(C(=O)NCC2CCCN2)cn1. The van der Waals surface area contributed by atoms with Gasteiger partial charge in [-0.05, 0) is 19.4 Å². The Bertz CT molecular complexity index is 350. The first-order chi connectivity index (χ1) is 7.25. The van der Waals surface area contributed by atoms with E-state index in [1.54, 1.807) is 24.1 Å². The quantitative estimate of drug-likeness (QED) is 0.859. The van der Waals surface area contributed by atoms with Crippen LogP contribution >= 0.6 is 24.8 Å². The third-order valence-corrected chi connectivity index (χ3v) is 2.64. The summed E-state index contributed by atoms with van der Waals surface area (Å²) in [7, 11) is 1.80. The van der Waals surface area contributed by atoms with Crippen LogP contribution in [-0.4, -0.2) is 34.8 Å². The van der Waals surface area contributed by atoms with E-state index in [0.29, 0.717) is 18.2 Å². The van der Waals surface area contributed by atoms with Crippen LogP contribution in [-0.2, 0) is 7.05 Å². The lowest BCUT2D eigenvalue weighted by Gasteiger charge is -2.10. The van der Waals surface area contributed by atoms with Crippen LogP contribution in [0.4, 0.5) is 0 Å². The van der Waals surface area contributed by atoms with E-state index in [1.807, 2.05) is 0 Å². The van der Waals surface area contributed by atoms with Gasteiger partial charge >= 0.3 is 0 Å². The Morgan fingerprint density at radius 1 is 1.65 bits per heavy atom. The van der Waals surface area contributed by atoms with E-state index >= 15 is 0 Å². The molecule has 17 heavy (non-hydrogen) atoms. The molecule has 7 heteroatoms. The third kappa shape index (κ3) is 4.53. The molecule has 1 amide bonds. The Balaban J connectivity index is 0.00000128. The van der Waals surface area contributed by atoms with Crippen molar-refractivity contribution in [3.8, 4) is 0 Å². The first-order valence-electron chi connectivity index (χ1n) is 5.26. The van der Waals surface area contributed by atoms with Crippen LogP contribution < -0.4 is 10.6 Å². The van der Waals surface area contributed by atoms with Crippen LogP contribution in [0.2, 0.25) is 0 Å². The fourth-order valence-electron chi connectivity index (χ4n) is 1.79. The molecule has 1 atom stereocenters. The number of halogens is 2. The van der Waals surface area contributed by atoms with E-state index in [2.05, 4.69) is 15.7 Å². The number of aryl methyl sites for hydroxylation is 1. The van der Waals surface area contributed by atoms with Gasteiger partial charge in [0.15, 0.2) is 0 Å². The topological polar surface area (TPSA) is 59.0 Å². The molecule has 0 saturated carbocycles. The average Bonchev–Trinajstić information content (AvgIpc) is 2.84. The summed E-state index contributed by atoms with van der Waals surface area (Å²) < 4.78 is 1.63. The second kappa shape index (κ2) is 7.53. The van der Waals surface area contributed by atoms with E-state index < -0.39 is 0 Å². The van der Waals surface area contributed by atoms with Gasteiger partial charge in [0.05, 0.1) is 11.8 Å². The minimum Gasteiger partial charge on any atom is -0.350 e. The molecule has 0 spiro atoms. The highest BCUT2D eigenvalue weighted by Gasteiger charge is 2.15. The van der Waals surface area contributed by atoms with Crippen molar-refractivity contribution < 1.29 is 4.79 Å². The molecule has 1 fully saturated rings. The maximum Gasteiger partial charge on any atom is 0.254 e. The molecular weight excluding hydrogens is 263 g/mol. The molecule has 98 valence electrons. The number of aromatic nitrogens is 2. The largest absolute Gasteiger partial charge is 0.350 e. The summed E-state index contributed by atoms with van der Waals surface area (Å²) in [6.45, 7) is 1.77. The molecule has 1 unspecified atom stereocenters. The van der Waals surface area contributed by atoms with Gasteiger partial charge in [-0.3, -0.25) is 9.48 Å². The first-order valence-corrected chi connectivity index (χ1v) is 5.26. The van der Waals surface area contributed by atoms with Gasteiger partial charge in [-0.25, -0.2) is 0 Å². The number of carbonyl (C=O) groups is 1. The molecule has 1 saturated heterocycles. The van der Waals surface area contributed by atoms with Gasteiger partial charge in [-0.15, -0.1) is 24.8 Å². The summed E-state index contributed by atoms with van der Waals surface area (Å²) in [6, 6.07) is 0.436. The zero-order chi connectivity index (χ0) is 10.7. The number of hydrogen-bond donors (Lipinski definition) is 2. The second-order valence-corrected chi connectivity index (χ2v) is 3.91. The lowest BCUT2D eigenvalue weighted by atomic mass is 10.2. The van der Waals surface area contributed by atoms with Gasteiger partial charge in [0.2, 0.25) is 0 Å². The molecule has 2 heterocycles. The lowest BCUT2D eigenvalue weighted by molar-refractivity contribution is 0.0950. The molecular formula is C10H18Cl2N4O. The Kier molecular flexibility index (Phi) is 7.18. The highest BCUT2D eigenvalue weighted by atomic mass is 35.5. The number of rotatable bonds is 3. The van der Waals surface area contributed by atoms with Crippen LogP contribution in [0.15, 0.2) is 12.4 Å². The van der Waals surface area contributed by atoms with Gasteiger partial charge in [0, 0.05) is 25.8 Å². The number of hydrogen-bond acceptors (Lipinski definition) is 3. The highest BCUT2D eigenvalue weighted by Crippen LogP contribution is 2.03. The van der Waals surface area contributed by atoms with Crippen molar-refractivity contribution in [3.05, 3.63) is 18.0 Å². The van der Waals surface area contributed by atoms with Crippen molar-refractivity contribution in [2.24, 2.45) is 7.05 Å². The summed E-state index contributed by atoms with van der Waals surface area (Å²) in [6.07, 6.45) is 5.65. The van der Waals surface area contributed by atoms with E-state index in [0.717, 1.165) is 13.0 Å². The van der Waals surface area contributed by atoms with Crippen molar-refractivity contribution in [2.75, 3.05) is 13.1 Å². The summed E-state index contributed by atoms with van der Waals surface area (Å²) in [5.74, 6) is -0.0446. The normalized spacial score (nSPS) is 18.1. The molecule has 0 aromatic carbocycles. The lowest BCUT2D eigenvalue weighted by Crippen LogP contribution is -2.37. The highest BCUT2D eigenvalue weighted by molar-refractivity contribution is 5.93. The molecule has 2 N–H and O–H groups in total. The molecule has 2 rings (SSSR count). The second-order valence-electron chi connectivity index (χ2n) is 3.91. The Morgan fingerprint density at radius 3 is 2.94 bits per heavy atom. The van der Waals surface area contributed by atoms with Crippen molar-refractivity contribution in [1.29, 1.82) is 0 Å². The molecule has 1 aromatic rings. The van der Waals surface area contributed by atoms with Crippen molar-refractivity contribution in [1.82, 2.24) is 20.4 Å². The monoisotopic (exact) mass is 280 g/mol. The van der Waals surface area contributed by atoms with Gasteiger partial charge in [-0.2, -0.15) is 5.10 Å². The van der Waals surface area contributed by atoms with Gasteiger partial charge in [-0.1, -0.05) is 0 Å². The predicted molar refractivity (Wildman–Crippen MR) is 71.1 cm³/mol. The van der Waals surface area contributed by atoms with E-state index in [9.17, 15) is 4.79 Å². The van der Waals surface area contributed by atoms with Crippen LogP contribution in [0.25, 0.3) is 0 Å². The van der Waals surface area contributed by atoms with Crippen molar-refractivity contribution in [3.63, 3.8) is 0 Å². The van der Waals surface area contributed by atoms with Crippen LogP contribution in [0.1, 0.15) is 23.2 Å². The van der Waals surface area contributed by atoms with E-state index in [4.69, 9.17) is 0 Å². The predicted octanol–water partition coefficient (Wildman–Crippen LogP) is 0.745. The fraction of sp³-hybridized carbons (Fsp3) is 0.600. The van der Waals surface area contributed by atoms with E-state index in [-0.39, 0.29) is 30.7 Å². The zero-order valence-corrected chi connectivity index (χ0v) is 11.3. The molecule has 5 nitrogen and oxygen atoms in total. The van der Waals surface area contributed by atoms with Crippen molar-refractivity contribution in [2.45, 2.75) is 18.9 Å². The van der Waals surface area contributed by atoms with E-state index in [1.165, 1.54) is 6.42 Å². The maximum absolute atomic E-state index is 11.6. The summed E-state index contributed by atoms with van der Waals surface area (Å²) >= 11 is 0. The Hall–Kier alpha value is -0.780. The Morgan fingerprint density at radius 2 is 2.41 bits per heavy atom. The number of nitrogens with zero attached hydrogens (tertiary/aromatic N) is 2. The Labute approximate surface area is 113 Å². The van der Waals surface area contributed by atoms with Gasteiger partial charge < -0.3 is 10.6 Å². The fourth-order valence-corrected chi connectivity index (χ4v) is 1.79. The van der Waals surface area contributed by atoms with Crippen LogP contribution in [0, 0.1) is 0 Å². The summed E-state index contributed by atoms with van der Waals surface area (Å²) in [4.78, 5) is 11.6. The number of carbonyl (C=O) groups excluding carboxylic acids is 1. The third-order valence-electron chi connectivity index (χ3n) is 2.64. The average molecular weight is 281 g/mol. The molecule has 1 aromatic heterocycles. The van der Waals surface area contributed by atoms with Gasteiger partial charge in [0.25, 0.3) is 5.91 Å². The molecule has 0 bridgehead atoms. The molecule has 1 aliphatic heterocycles. The molecule has 0 aliphatic carbocycles. The first kappa shape index (κ1) is 16.2. The standard InChI is InChI=1S/C10H16N4O.2ClH/c1-14-7-8(5-13-14)10(15)12-6-9-3-2-4-11-9;;/h5,7,9,11H,2-4,6H2,1H3,(H,12,15);2*1H. The number of nitrogens with one attached hydrogen (secondary N) is 2. The van der Waals surface area contributed by atoms with Crippen LogP contribution in [0.3, 0.4) is 0 Å². The zero-order valence-electron chi connectivity index (χ0n) is 9.68. The smallest absolute Gasteiger partial charge is 0.254 e. The summed E-state index contributed by atoms with van der Waals surface area (Å²) in [5.41, 5.74) is 0.621.